The molecule has 0 radical (unpaired) electrons. The summed E-state index contributed by atoms with van der Waals surface area (Å²) >= 11 is 4.91. The Hall–Kier alpha value is -2.70. The first-order valence-electron chi connectivity index (χ1n) is 9.62. The van der Waals surface area contributed by atoms with Crippen molar-refractivity contribution in [2.75, 3.05) is 4.90 Å². The Balaban J connectivity index is 1.90. The highest BCUT2D eigenvalue weighted by molar-refractivity contribution is 9.10. The van der Waals surface area contributed by atoms with Crippen LogP contribution in [0.15, 0.2) is 70.0 Å². The topological polar surface area (TPSA) is 57.6 Å². The molecule has 1 N–H and O–H groups in total. The molecule has 0 spiro atoms. The number of aryl methyl sites for hydroxylation is 2. The monoisotopic (exact) mass is 481 g/mol. The molecule has 4 nitrogen and oxygen atoms in total. The molecule has 6 heteroatoms. The normalized spacial score (nSPS) is 18.2. The van der Waals surface area contributed by atoms with Crippen LogP contribution in [-0.4, -0.2) is 16.8 Å². The number of hydrogen-bond acceptors (Lipinski definition) is 4. The molecule has 1 aliphatic heterocycles. The molecule has 2 heterocycles. The Labute approximate surface area is 187 Å². The Bertz CT molecular complexity index is 1150. The predicted molar refractivity (Wildman–Crippen MR) is 124 cm³/mol. The van der Waals surface area contributed by atoms with E-state index in [2.05, 4.69) is 22.9 Å². The van der Waals surface area contributed by atoms with Crippen LogP contribution < -0.4 is 4.90 Å². The third kappa shape index (κ3) is 3.50. The number of carbonyl (C=O) groups is 2. The Morgan fingerprint density at radius 2 is 1.87 bits per heavy atom. The van der Waals surface area contributed by atoms with Crippen LogP contribution in [0.5, 0.6) is 0 Å². The Morgan fingerprint density at radius 1 is 1.13 bits per heavy atom. The van der Waals surface area contributed by atoms with Crippen molar-refractivity contribution in [2.45, 2.75) is 26.3 Å². The molecule has 0 bridgehead atoms. The molecule has 0 aliphatic carbocycles. The summed E-state index contributed by atoms with van der Waals surface area (Å²) in [6.45, 7) is 3.97. The number of rotatable bonds is 4. The second kappa shape index (κ2) is 8.20. The van der Waals surface area contributed by atoms with E-state index < -0.39 is 17.7 Å². The van der Waals surface area contributed by atoms with Crippen LogP contribution in [0.4, 0.5) is 5.69 Å². The van der Waals surface area contributed by atoms with Crippen LogP contribution in [0.1, 0.15) is 34.5 Å². The molecule has 3 aromatic rings. The molecular weight excluding hydrogens is 462 g/mol. The number of hydrogen-bond donors (Lipinski definition) is 1. The van der Waals surface area contributed by atoms with Gasteiger partial charge in [-0.15, -0.1) is 11.3 Å². The molecule has 1 saturated heterocycles. The molecule has 0 saturated carbocycles. The van der Waals surface area contributed by atoms with E-state index in [4.69, 9.17) is 0 Å². The van der Waals surface area contributed by atoms with Gasteiger partial charge < -0.3 is 5.11 Å². The number of Topliss-reactive ketones (excluding diaryl/α,β-unsaturated/α-hetero) is 1. The minimum absolute atomic E-state index is 0.115. The highest BCUT2D eigenvalue weighted by atomic mass is 79.9. The lowest BCUT2D eigenvalue weighted by Gasteiger charge is -2.24. The van der Waals surface area contributed by atoms with Crippen molar-refractivity contribution in [1.29, 1.82) is 0 Å². The van der Waals surface area contributed by atoms with E-state index in [1.807, 2.05) is 54.8 Å². The number of thiophene rings is 1. The molecule has 1 amide bonds. The molecule has 2 aromatic carbocycles. The van der Waals surface area contributed by atoms with E-state index in [0.717, 1.165) is 26.9 Å². The van der Waals surface area contributed by atoms with Gasteiger partial charge >= 0.3 is 0 Å². The fourth-order valence-electron chi connectivity index (χ4n) is 3.65. The maximum Gasteiger partial charge on any atom is 0.300 e. The highest BCUT2D eigenvalue weighted by Gasteiger charge is 2.47. The van der Waals surface area contributed by atoms with Crippen molar-refractivity contribution in [3.8, 4) is 0 Å². The van der Waals surface area contributed by atoms with E-state index in [1.165, 1.54) is 16.2 Å². The molecule has 1 unspecified atom stereocenters. The maximum atomic E-state index is 13.1. The van der Waals surface area contributed by atoms with Crippen LogP contribution >= 0.6 is 27.3 Å². The van der Waals surface area contributed by atoms with Gasteiger partial charge in [-0.1, -0.05) is 47.1 Å². The van der Waals surface area contributed by atoms with Gasteiger partial charge in [0.15, 0.2) is 0 Å². The van der Waals surface area contributed by atoms with Gasteiger partial charge in [0.2, 0.25) is 0 Å². The number of anilines is 1. The van der Waals surface area contributed by atoms with Gasteiger partial charge in [-0.25, -0.2) is 0 Å². The van der Waals surface area contributed by atoms with Gasteiger partial charge in [-0.05, 0) is 60.2 Å². The summed E-state index contributed by atoms with van der Waals surface area (Å²) in [5.74, 6) is -1.46. The van der Waals surface area contributed by atoms with Crippen LogP contribution in [0.3, 0.4) is 0 Å². The van der Waals surface area contributed by atoms with Crippen LogP contribution in [0, 0.1) is 6.92 Å². The lowest BCUT2D eigenvalue weighted by atomic mass is 9.99. The van der Waals surface area contributed by atoms with E-state index in [-0.39, 0.29) is 11.3 Å². The number of aliphatic hydroxyl groups excluding tert-OH is 1. The minimum atomic E-state index is -0.675. The SMILES string of the molecule is CCc1ccc(N2C(=O)C(=O)/C(=C(\O)c3ccc(Br)c(C)c3)C2c2cccs2)cc1. The van der Waals surface area contributed by atoms with Crippen LogP contribution in [-0.2, 0) is 16.0 Å². The lowest BCUT2D eigenvalue weighted by Crippen LogP contribution is -2.29. The number of halogens is 1. The number of aliphatic hydroxyl groups is 1. The zero-order chi connectivity index (χ0) is 21.4. The number of nitrogens with zero attached hydrogens (tertiary/aromatic N) is 1. The summed E-state index contributed by atoms with van der Waals surface area (Å²) in [6, 6.07) is 16.1. The van der Waals surface area contributed by atoms with Crippen molar-refractivity contribution in [3.63, 3.8) is 0 Å². The van der Waals surface area contributed by atoms with Gasteiger partial charge in [0.05, 0.1) is 5.57 Å². The lowest BCUT2D eigenvalue weighted by molar-refractivity contribution is -0.132. The zero-order valence-electron chi connectivity index (χ0n) is 16.6. The quantitative estimate of drug-likeness (QED) is 0.282. The molecule has 4 rings (SSSR count). The summed E-state index contributed by atoms with van der Waals surface area (Å²) in [7, 11) is 0. The van der Waals surface area contributed by atoms with Crippen LogP contribution in [0.2, 0.25) is 0 Å². The number of benzene rings is 2. The average Bonchev–Trinajstić information content (AvgIpc) is 3.37. The summed E-state index contributed by atoms with van der Waals surface area (Å²) in [5.41, 5.74) is 3.34. The fourth-order valence-corrected chi connectivity index (χ4v) is 4.72. The van der Waals surface area contributed by atoms with Gasteiger partial charge in [0, 0.05) is 20.6 Å². The number of carbonyl (C=O) groups excluding carboxylic acids is 2. The summed E-state index contributed by atoms with van der Waals surface area (Å²) in [5, 5.41) is 13.0. The summed E-state index contributed by atoms with van der Waals surface area (Å²) in [4.78, 5) is 28.4. The van der Waals surface area contributed by atoms with E-state index in [9.17, 15) is 14.7 Å². The maximum absolute atomic E-state index is 13.1. The molecule has 1 aromatic heterocycles. The Morgan fingerprint density at radius 3 is 2.47 bits per heavy atom. The van der Waals surface area contributed by atoms with Crippen molar-refractivity contribution in [3.05, 3.63) is 91.6 Å². The first-order chi connectivity index (χ1) is 14.4. The first-order valence-corrected chi connectivity index (χ1v) is 11.3. The predicted octanol–water partition coefficient (Wildman–Crippen LogP) is 6.01. The first kappa shape index (κ1) is 20.6. The van der Waals surface area contributed by atoms with Crippen molar-refractivity contribution in [2.24, 2.45) is 0 Å². The second-order valence-corrected chi connectivity index (χ2v) is 9.00. The fraction of sp³-hybridized carbons (Fsp3) is 0.167. The molecule has 1 atom stereocenters. The van der Waals surface area contributed by atoms with Gasteiger partial charge in [0.25, 0.3) is 11.7 Å². The van der Waals surface area contributed by atoms with Crippen LogP contribution in [0.25, 0.3) is 5.76 Å². The summed E-state index contributed by atoms with van der Waals surface area (Å²) < 4.78 is 0.908. The third-order valence-corrected chi connectivity index (χ3v) is 7.13. The minimum Gasteiger partial charge on any atom is -0.507 e. The van der Waals surface area contributed by atoms with Crippen molar-refractivity contribution < 1.29 is 14.7 Å². The Kier molecular flexibility index (Phi) is 5.62. The number of amides is 1. The van der Waals surface area contributed by atoms with Crippen molar-refractivity contribution in [1.82, 2.24) is 0 Å². The third-order valence-electron chi connectivity index (χ3n) is 5.31. The van der Waals surface area contributed by atoms with Crippen molar-refractivity contribution >= 4 is 50.4 Å². The molecular formula is C24H20BrNO3S. The zero-order valence-corrected chi connectivity index (χ0v) is 19.0. The smallest absolute Gasteiger partial charge is 0.300 e. The van der Waals surface area contributed by atoms with E-state index in [1.54, 1.807) is 12.1 Å². The second-order valence-electron chi connectivity index (χ2n) is 7.17. The van der Waals surface area contributed by atoms with Gasteiger partial charge in [0.1, 0.15) is 11.8 Å². The molecule has 1 aliphatic rings. The largest absolute Gasteiger partial charge is 0.507 e. The number of ketones is 1. The van der Waals surface area contributed by atoms with Gasteiger partial charge in [-0.2, -0.15) is 0 Å². The summed E-state index contributed by atoms with van der Waals surface area (Å²) in [6.07, 6.45) is 0.885. The van der Waals surface area contributed by atoms with Gasteiger partial charge in [-0.3, -0.25) is 14.5 Å². The standard InChI is InChI=1S/C24H20BrNO3S/c1-3-15-6-9-17(10-7-15)26-21(19-5-4-12-30-19)20(23(28)24(26)29)22(27)16-8-11-18(25)14(2)13-16/h4-13,21,27H,3H2,1-2H3/b22-20-. The highest BCUT2D eigenvalue weighted by Crippen LogP contribution is 2.43. The van der Waals surface area contributed by atoms with E-state index in [0.29, 0.717) is 11.3 Å². The average molecular weight is 482 g/mol. The molecule has 1 fully saturated rings. The molecule has 30 heavy (non-hydrogen) atoms. The van der Waals surface area contributed by atoms with E-state index >= 15 is 0 Å². The molecule has 152 valence electrons.